The molecule has 2 N–H and O–H groups in total. The molecule has 1 saturated carbocycles. The van der Waals surface area contributed by atoms with Crippen molar-refractivity contribution >= 4 is 29.9 Å². The first-order valence-corrected chi connectivity index (χ1v) is 7.44. The summed E-state index contributed by atoms with van der Waals surface area (Å²) in [5.74, 6) is 1.69. The van der Waals surface area contributed by atoms with E-state index in [0.29, 0.717) is 0 Å². The van der Waals surface area contributed by atoms with Crippen molar-refractivity contribution in [3.63, 3.8) is 0 Å². The summed E-state index contributed by atoms with van der Waals surface area (Å²) in [7, 11) is 1.80. The summed E-state index contributed by atoms with van der Waals surface area (Å²) in [6.07, 6.45) is 3.72. The topological polar surface area (TPSA) is 45.7 Å². The van der Waals surface area contributed by atoms with E-state index in [2.05, 4.69) is 27.8 Å². The van der Waals surface area contributed by atoms with Crippen LogP contribution in [-0.4, -0.2) is 32.8 Å². The van der Waals surface area contributed by atoms with Gasteiger partial charge in [0, 0.05) is 33.4 Å². The number of halogens is 1. The van der Waals surface area contributed by atoms with Crippen molar-refractivity contribution in [3.05, 3.63) is 35.9 Å². The van der Waals surface area contributed by atoms with Crippen molar-refractivity contribution < 1.29 is 4.74 Å². The summed E-state index contributed by atoms with van der Waals surface area (Å²) in [6, 6.07) is 10.3. The summed E-state index contributed by atoms with van der Waals surface area (Å²) < 4.78 is 5.60. The summed E-state index contributed by atoms with van der Waals surface area (Å²) in [6.45, 7) is 3.46. The highest BCUT2D eigenvalue weighted by Gasteiger charge is 2.20. The van der Waals surface area contributed by atoms with Crippen LogP contribution in [0, 0.1) is 5.92 Å². The molecule has 0 radical (unpaired) electrons. The first kappa shape index (κ1) is 18.2. The molecule has 1 aromatic carbocycles. The lowest BCUT2D eigenvalue weighted by Gasteiger charge is -2.12. The molecule has 0 bridgehead atoms. The summed E-state index contributed by atoms with van der Waals surface area (Å²) in [5, 5.41) is 6.61. The average Bonchev–Trinajstić information content (AvgIpc) is 3.31. The molecule has 1 aliphatic carbocycles. The van der Waals surface area contributed by atoms with E-state index in [1.165, 1.54) is 18.4 Å². The van der Waals surface area contributed by atoms with Crippen LogP contribution in [0.15, 0.2) is 35.3 Å². The molecule has 0 unspecified atom stereocenters. The Balaban J connectivity index is 0.00000220. The van der Waals surface area contributed by atoms with Crippen LogP contribution in [0.1, 0.15) is 24.8 Å². The minimum Gasteiger partial charge on any atom is -0.381 e. The van der Waals surface area contributed by atoms with Crippen molar-refractivity contribution in [2.45, 2.75) is 25.8 Å². The number of hydrogen-bond acceptors (Lipinski definition) is 2. The lowest BCUT2D eigenvalue weighted by Crippen LogP contribution is -2.37. The van der Waals surface area contributed by atoms with Gasteiger partial charge in [-0.15, -0.1) is 24.0 Å². The largest absolute Gasteiger partial charge is 0.381 e. The van der Waals surface area contributed by atoms with E-state index in [4.69, 9.17) is 4.74 Å². The second-order valence-corrected chi connectivity index (χ2v) is 5.21. The fraction of sp³-hybridized carbons (Fsp3) is 0.562. The van der Waals surface area contributed by atoms with Gasteiger partial charge in [-0.25, -0.2) is 0 Å². The molecule has 2 rings (SSSR count). The van der Waals surface area contributed by atoms with E-state index < -0.39 is 0 Å². The molecule has 21 heavy (non-hydrogen) atoms. The predicted octanol–water partition coefficient (Wildman–Crippen LogP) is 2.79. The monoisotopic (exact) mass is 403 g/mol. The standard InChI is InChI=1S/C16H25N3O.HI/c1-17-16(19-12-14-6-3-2-4-7-14)18-10-5-11-20-13-15-8-9-15;/h2-4,6-7,15H,5,8-13H2,1H3,(H2,17,18,19);1H. The van der Waals surface area contributed by atoms with Crippen molar-refractivity contribution in [1.82, 2.24) is 10.6 Å². The lowest BCUT2D eigenvalue weighted by molar-refractivity contribution is 0.123. The SMILES string of the molecule is CN=C(NCCCOCC1CC1)NCc1ccccc1.I. The number of hydrogen-bond donors (Lipinski definition) is 2. The molecule has 0 aromatic heterocycles. The Bertz CT molecular complexity index is 407. The number of guanidine groups is 1. The Hall–Kier alpha value is -0.820. The molecule has 0 amide bonds. The maximum atomic E-state index is 5.60. The molecule has 0 atom stereocenters. The molecular weight excluding hydrogens is 377 g/mol. The van der Waals surface area contributed by atoms with Gasteiger partial charge in [-0.05, 0) is 30.7 Å². The zero-order valence-electron chi connectivity index (χ0n) is 12.7. The smallest absolute Gasteiger partial charge is 0.191 e. The molecule has 5 heteroatoms. The van der Waals surface area contributed by atoms with E-state index in [1.807, 2.05) is 18.2 Å². The third-order valence-electron chi connectivity index (χ3n) is 3.33. The number of benzene rings is 1. The van der Waals surface area contributed by atoms with Crippen LogP contribution in [-0.2, 0) is 11.3 Å². The Morgan fingerprint density at radius 1 is 1.24 bits per heavy atom. The van der Waals surface area contributed by atoms with Gasteiger partial charge in [-0.3, -0.25) is 4.99 Å². The maximum Gasteiger partial charge on any atom is 0.191 e. The van der Waals surface area contributed by atoms with Gasteiger partial charge in [0.15, 0.2) is 5.96 Å². The quantitative estimate of drug-likeness (QED) is 0.304. The zero-order valence-corrected chi connectivity index (χ0v) is 15.0. The van der Waals surface area contributed by atoms with Gasteiger partial charge < -0.3 is 15.4 Å². The third-order valence-corrected chi connectivity index (χ3v) is 3.33. The first-order chi connectivity index (χ1) is 9.88. The Morgan fingerprint density at radius 3 is 2.67 bits per heavy atom. The van der Waals surface area contributed by atoms with Gasteiger partial charge in [-0.1, -0.05) is 30.3 Å². The Kier molecular flexibility index (Phi) is 9.41. The van der Waals surface area contributed by atoms with E-state index in [0.717, 1.165) is 44.6 Å². The maximum absolute atomic E-state index is 5.60. The van der Waals surface area contributed by atoms with Crippen molar-refractivity contribution in [1.29, 1.82) is 0 Å². The molecule has 1 fully saturated rings. The normalized spacial score (nSPS) is 14.4. The highest BCUT2D eigenvalue weighted by Crippen LogP contribution is 2.28. The van der Waals surface area contributed by atoms with Crippen LogP contribution in [0.25, 0.3) is 0 Å². The number of nitrogens with one attached hydrogen (secondary N) is 2. The highest BCUT2D eigenvalue weighted by molar-refractivity contribution is 14.0. The van der Waals surface area contributed by atoms with Crippen molar-refractivity contribution in [2.24, 2.45) is 10.9 Å². The highest BCUT2D eigenvalue weighted by atomic mass is 127. The summed E-state index contributed by atoms with van der Waals surface area (Å²) in [5.41, 5.74) is 1.25. The van der Waals surface area contributed by atoms with Crippen LogP contribution in [0.5, 0.6) is 0 Å². The van der Waals surface area contributed by atoms with E-state index in [-0.39, 0.29) is 24.0 Å². The predicted molar refractivity (Wildman–Crippen MR) is 98.2 cm³/mol. The summed E-state index contributed by atoms with van der Waals surface area (Å²) >= 11 is 0. The van der Waals surface area contributed by atoms with Crippen LogP contribution in [0.2, 0.25) is 0 Å². The van der Waals surface area contributed by atoms with Gasteiger partial charge in [-0.2, -0.15) is 0 Å². The second kappa shape index (κ2) is 10.8. The van der Waals surface area contributed by atoms with Gasteiger partial charge in [0.1, 0.15) is 0 Å². The molecule has 0 saturated heterocycles. The van der Waals surface area contributed by atoms with E-state index >= 15 is 0 Å². The minimum atomic E-state index is 0. The minimum absolute atomic E-state index is 0. The summed E-state index contributed by atoms with van der Waals surface area (Å²) in [4.78, 5) is 4.21. The molecule has 1 aliphatic rings. The van der Waals surface area contributed by atoms with Gasteiger partial charge >= 0.3 is 0 Å². The molecule has 0 aliphatic heterocycles. The van der Waals surface area contributed by atoms with E-state index in [9.17, 15) is 0 Å². The molecular formula is C16H26IN3O. The fourth-order valence-electron chi connectivity index (χ4n) is 1.92. The van der Waals surface area contributed by atoms with Crippen LogP contribution in [0.4, 0.5) is 0 Å². The first-order valence-electron chi connectivity index (χ1n) is 7.44. The number of ether oxygens (including phenoxy) is 1. The van der Waals surface area contributed by atoms with Crippen LogP contribution < -0.4 is 10.6 Å². The van der Waals surface area contributed by atoms with Gasteiger partial charge in [0.25, 0.3) is 0 Å². The number of nitrogens with zero attached hydrogens (tertiary/aromatic N) is 1. The van der Waals surface area contributed by atoms with E-state index in [1.54, 1.807) is 7.05 Å². The number of rotatable bonds is 8. The third kappa shape index (κ3) is 8.26. The molecule has 1 aromatic rings. The lowest BCUT2D eigenvalue weighted by atomic mass is 10.2. The number of aliphatic imine (C=N–C) groups is 1. The van der Waals surface area contributed by atoms with Gasteiger partial charge in [0.05, 0.1) is 0 Å². The van der Waals surface area contributed by atoms with Crippen LogP contribution in [0.3, 0.4) is 0 Å². The Labute approximate surface area is 144 Å². The fourth-order valence-corrected chi connectivity index (χ4v) is 1.92. The van der Waals surface area contributed by atoms with Gasteiger partial charge in [0.2, 0.25) is 0 Å². The molecule has 0 heterocycles. The zero-order chi connectivity index (χ0) is 14.0. The Morgan fingerprint density at radius 2 is 2.00 bits per heavy atom. The molecule has 4 nitrogen and oxygen atoms in total. The molecule has 0 spiro atoms. The van der Waals surface area contributed by atoms with Crippen molar-refractivity contribution in [2.75, 3.05) is 26.8 Å². The second-order valence-electron chi connectivity index (χ2n) is 5.21. The molecule has 118 valence electrons. The average molecular weight is 403 g/mol. The van der Waals surface area contributed by atoms with Crippen molar-refractivity contribution in [3.8, 4) is 0 Å². The van der Waals surface area contributed by atoms with Crippen LogP contribution >= 0.6 is 24.0 Å².